The van der Waals surface area contributed by atoms with Crippen molar-refractivity contribution < 1.29 is 26.3 Å². The zero-order valence-corrected chi connectivity index (χ0v) is 19.5. The van der Waals surface area contributed by atoms with Gasteiger partial charge in [0, 0.05) is 63.7 Å². The van der Waals surface area contributed by atoms with Crippen LogP contribution in [0, 0.1) is 0 Å². The molecule has 10 heteroatoms. The lowest BCUT2D eigenvalue weighted by atomic mass is 10.1. The molecule has 0 bridgehead atoms. The number of piperazine rings is 2. The van der Waals surface area contributed by atoms with Crippen LogP contribution in [0.4, 0.5) is 37.7 Å². The van der Waals surface area contributed by atoms with E-state index in [4.69, 9.17) is 0 Å². The molecule has 0 aromatic heterocycles. The fraction of sp³-hybridized carbons (Fsp3) is 0.520. The van der Waals surface area contributed by atoms with Gasteiger partial charge in [-0.15, -0.1) is 0 Å². The minimum absolute atomic E-state index is 0.609. The third kappa shape index (κ3) is 6.82. The average molecular weight is 501 g/mol. The Hall–Kier alpha value is -2.46. The molecule has 2 aromatic rings. The lowest BCUT2D eigenvalue weighted by molar-refractivity contribution is -0.138. The van der Waals surface area contributed by atoms with E-state index < -0.39 is 23.5 Å². The zero-order valence-electron chi connectivity index (χ0n) is 19.5. The first kappa shape index (κ1) is 25.6. The molecule has 0 atom stereocenters. The SMILES string of the molecule is FC(F)(F)c1cccc(N2CCN(CCCN3CCN(c4cccc(C(F)(F)F)c4)CC3)CC2)c1. The first-order valence-electron chi connectivity index (χ1n) is 11.9. The molecule has 0 aliphatic carbocycles. The number of hydrogen-bond acceptors (Lipinski definition) is 4. The van der Waals surface area contributed by atoms with Gasteiger partial charge in [0.05, 0.1) is 11.1 Å². The van der Waals surface area contributed by atoms with E-state index in [9.17, 15) is 26.3 Å². The van der Waals surface area contributed by atoms with Crippen molar-refractivity contribution in [2.75, 3.05) is 75.2 Å². The van der Waals surface area contributed by atoms with E-state index in [2.05, 4.69) is 9.80 Å². The third-order valence-corrected chi connectivity index (χ3v) is 6.77. The van der Waals surface area contributed by atoms with Crippen LogP contribution in [0.2, 0.25) is 0 Å². The number of benzene rings is 2. The predicted octanol–water partition coefficient (Wildman–Crippen LogP) is 5.06. The highest BCUT2D eigenvalue weighted by Gasteiger charge is 2.32. The fourth-order valence-electron chi connectivity index (χ4n) is 4.74. The largest absolute Gasteiger partial charge is 0.416 e. The summed E-state index contributed by atoms with van der Waals surface area (Å²) in [5, 5.41) is 0. The normalized spacial score (nSPS) is 18.8. The highest BCUT2D eigenvalue weighted by Crippen LogP contribution is 2.33. The number of halogens is 6. The summed E-state index contributed by atoms with van der Waals surface area (Å²) in [5.74, 6) is 0. The second-order valence-corrected chi connectivity index (χ2v) is 9.11. The Morgan fingerprint density at radius 1 is 0.543 bits per heavy atom. The Balaban J connectivity index is 1.17. The van der Waals surface area contributed by atoms with Crippen LogP contribution >= 0.6 is 0 Å². The maximum absolute atomic E-state index is 13.0. The second-order valence-electron chi connectivity index (χ2n) is 9.11. The summed E-state index contributed by atoms with van der Waals surface area (Å²) in [6, 6.07) is 11.0. The van der Waals surface area contributed by atoms with E-state index in [0.29, 0.717) is 37.6 Å². The standard InChI is InChI=1S/C25H30F6N4/c26-24(27,28)20-4-1-6-22(18-20)34-14-10-32(11-15-34)8-3-9-33-12-16-35(17-13-33)23-7-2-5-21(19-23)25(29,30)31/h1-2,4-7,18-19H,3,8-17H2. The maximum Gasteiger partial charge on any atom is 0.416 e. The molecule has 0 spiro atoms. The molecule has 2 saturated heterocycles. The number of nitrogens with zero attached hydrogens (tertiary/aromatic N) is 4. The van der Waals surface area contributed by atoms with Crippen LogP contribution in [-0.2, 0) is 12.4 Å². The third-order valence-electron chi connectivity index (χ3n) is 6.77. The zero-order chi connectivity index (χ0) is 25.1. The summed E-state index contributed by atoms with van der Waals surface area (Å²) < 4.78 is 77.9. The average Bonchev–Trinajstić information content (AvgIpc) is 2.84. The van der Waals surface area contributed by atoms with E-state index >= 15 is 0 Å². The van der Waals surface area contributed by atoms with Gasteiger partial charge in [-0.05, 0) is 55.9 Å². The Labute approximate surface area is 201 Å². The van der Waals surface area contributed by atoms with E-state index in [1.165, 1.54) is 24.3 Å². The Morgan fingerprint density at radius 2 is 0.914 bits per heavy atom. The summed E-state index contributed by atoms with van der Waals surface area (Å²) >= 11 is 0. The molecule has 2 heterocycles. The molecule has 0 amide bonds. The van der Waals surface area contributed by atoms with Crippen LogP contribution in [0.5, 0.6) is 0 Å². The Bertz CT molecular complexity index is 883. The molecule has 0 radical (unpaired) electrons. The molecule has 2 aromatic carbocycles. The Morgan fingerprint density at radius 3 is 1.26 bits per heavy atom. The molecule has 4 nitrogen and oxygen atoms in total. The van der Waals surface area contributed by atoms with Crippen molar-refractivity contribution in [2.45, 2.75) is 18.8 Å². The molecule has 0 N–H and O–H groups in total. The Kier molecular flexibility index (Phi) is 7.80. The molecule has 192 valence electrons. The van der Waals surface area contributed by atoms with E-state index in [1.807, 2.05) is 9.80 Å². The highest BCUT2D eigenvalue weighted by atomic mass is 19.4. The van der Waals surface area contributed by atoms with Gasteiger partial charge in [-0.1, -0.05) is 12.1 Å². The minimum atomic E-state index is -4.34. The van der Waals surface area contributed by atoms with Crippen LogP contribution in [0.25, 0.3) is 0 Å². The van der Waals surface area contributed by atoms with Gasteiger partial charge in [0.25, 0.3) is 0 Å². The van der Waals surface area contributed by atoms with Crippen molar-refractivity contribution in [3.8, 4) is 0 Å². The van der Waals surface area contributed by atoms with Crippen LogP contribution in [0.3, 0.4) is 0 Å². The predicted molar refractivity (Wildman–Crippen MR) is 125 cm³/mol. The van der Waals surface area contributed by atoms with Gasteiger partial charge >= 0.3 is 12.4 Å². The van der Waals surface area contributed by atoms with Crippen LogP contribution in [0.15, 0.2) is 48.5 Å². The number of rotatable bonds is 6. The van der Waals surface area contributed by atoms with E-state index in [1.54, 1.807) is 12.1 Å². The maximum atomic E-state index is 13.0. The molecule has 2 fully saturated rings. The molecule has 2 aliphatic heterocycles. The van der Waals surface area contributed by atoms with Crippen LogP contribution in [0.1, 0.15) is 17.5 Å². The van der Waals surface area contributed by atoms with Crippen molar-refractivity contribution in [3.05, 3.63) is 59.7 Å². The molecule has 0 saturated carbocycles. The van der Waals surface area contributed by atoms with Crippen LogP contribution in [-0.4, -0.2) is 75.2 Å². The number of hydrogen-bond donors (Lipinski definition) is 0. The second kappa shape index (κ2) is 10.7. The van der Waals surface area contributed by atoms with Gasteiger partial charge < -0.3 is 9.80 Å². The first-order chi connectivity index (χ1) is 16.6. The quantitative estimate of drug-likeness (QED) is 0.515. The van der Waals surface area contributed by atoms with E-state index in [-0.39, 0.29) is 0 Å². The summed E-state index contributed by atoms with van der Waals surface area (Å²) in [7, 11) is 0. The van der Waals surface area contributed by atoms with E-state index in [0.717, 1.165) is 57.8 Å². The van der Waals surface area contributed by atoms with Gasteiger partial charge in [0.1, 0.15) is 0 Å². The van der Waals surface area contributed by atoms with Crippen molar-refractivity contribution in [2.24, 2.45) is 0 Å². The number of alkyl halides is 6. The van der Waals surface area contributed by atoms with Gasteiger partial charge in [0.2, 0.25) is 0 Å². The lowest BCUT2D eigenvalue weighted by Crippen LogP contribution is -2.48. The highest BCUT2D eigenvalue weighted by molar-refractivity contribution is 5.50. The summed E-state index contributed by atoms with van der Waals surface area (Å²) in [6.45, 7) is 7.83. The van der Waals surface area contributed by atoms with Crippen LogP contribution < -0.4 is 9.80 Å². The van der Waals surface area contributed by atoms with Gasteiger partial charge in [-0.25, -0.2) is 0 Å². The monoisotopic (exact) mass is 500 g/mol. The molecule has 4 rings (SSSR count). The van der Waals surface area contributed by atoms with Crippen molar-refractivity contribution in [1.29, 1.82) is 0 Å². The topological polar surface area (TPSA) is 13.0 Å². The molecule has 0 unspecified atom stereocenters. The fourth-order valence-corrected chi connectivity index (χ4v) is 4.74. The summed E-state index contributed by atoms with van der Waals surface area (Å²) in [5.41, 5.74) is -0.0209. The van der Waals surface area contributed by atoms with Crippen molar-refractivity contribution >= 4 is 11.4 Å². The van der Waals surface area contributed by atoms with Crippen molar-refractivity contribution in [3.63, 3.8) is 0 Å². The van der Waals surface area contributed by atoms with Crippen molar-refractivity contribution in [1.82, 2.24) is 9.80 Å². The minimum Gasteiger partial charge on any atom is -0.369 e. The molecular formula is C25H30F6N4. The first-order valence-corrected chi connectivity index (χ1v) is 11.9. The lowest BCUT2D eigenvalue weighted by Gasteiger charge is -2.38. The molecule has 35 heavy (non-hydrogen) atoms. The summed E-state index contributed by atoms with van der Waals surface area (Å²) in [6.07, 6.45) is -7.69. The van der Waals surface area contributed by atoms with Gasteiger partial charge in [-0.3, -0.25) is 9.80 Å². The molecule has 2 aliphatic rings. The van der Waals surface area contributed by atoms with Gasteiger partial charge in [-0.2, -0.15) is 26.3 Å². The van der Waals surface area contributed by atoms with Gasteiger partial charge in [0.15, 0.2) is 0 Å². The summed E-state index contributed by atoms with van der Waals surface area (Å²) in [4.78, 5) is 8.67. The smallest absolute Gasteiger partial charge is 0.369 e. The number of anilines is 2. The molecular weight excluding hydrogens is 470 g/mol.